The molecule has 130 valence electrons. The molecule has 0 atom stereocenters. The molecule has 0 heterocycles. The summed E-state index contributed by atoms with van der Waals surface area (Å²) in [5, 5.41) is 0. The van der Waals surface area contributed by atoms with Crippen molar-refractivity contribution >= 4 is 5.78 Å². The fourth-order valence-corrected chi connectivity index (χ4v) is 2.99. The van der Waals surface area contributed by atoms with Crippen LogP contribution < -0.4 is 0 Å². The fourth-order valence-electron chi connectivity index (χ4n) is 2.99. The summed E-state index contributed by atoms with van der Waals surface area (Å²) in [4.78, 5) is 12.3. The number of hydrogen-bond donors (Lipinski definition) is 0. The minimum absolute atomic E-state index is 0.104. The highest BCUT2D eigenvalue weighted by molar-refractivity contribution is 5.96. The standard InChI is InChI=1S/C22H29FO/c1-21(2,3)17-13-15(14-18(20(17)23)22(4,5)6)11-12-19(24)16-9-7-8-10-16/h7-9,13-14H,10-12H2,1-6H3. The van der Waals surface area contributed by atoms with Crippen LogP contribution in [0.15, 0.2) is 35.9 Å². The van der Waals surface area contributed by atoms with Crippen molar-refractivity contribution in [1.29, 1.82) is 0 Å². The molecule has 0 unspecified atom stereocenters. The number of hydrogen-bond acceptors (Lipinski definition) is 1. The molecule has 0 aliphatic heterocycles. The Balaban J connectivity index is 2.31. The number of ketones is 1. The van der Waals surface area contributed by atoms with Crippen LogP contribution >= 0.6 is 0 Å². The number of aryl methyl sites for hydroxylation is 1. The quantitative estimate of drug-likeness (QED) is 0.682. The van der Waals surface area contributed by atoms with Gasteiger partial charge in [0.25, 0.3) is 0 Å². The molecule has 0 saturated carbocycles. The molecule has 0 fully saturated rings. The minimum Gasteiger partial charge on any atom is -0.295 e. The van der Waals surface area contributed by atoms with Crippen LogP contribution in [0.4, 0.5) is 4.39 Å². The smallest absolute Gasteiger partial charge is 0.159 e. The van der Waals surface area contributed by atoms with E-state index < -0.39 is 0 Å². The zero-order valence-corrected chi connectivity index (χ0v) is 15.8. The van der Waals surface area contributed by atoms with Gasteiger partial charge in [0, 0.05) is 6.42 Å². The van der Waals surface area contributed by atoms with Gasteiger partial charge in [-0.15, -0.1) is 0 Å². The van der Waals surface area contributed by atoms with Crippen molar-refractivity contribution in [1.82, 2.24) is 0 Å². The van der Waals surface area contributed by atoms with E-state index in [-0.39, 0.29) is 22.4 Å². The van der Waals surface area contributed by atoms with E-state index in [0.29, 0.717) is 12.8 Å². The third-order valence-corrected chi connectivity index (χ3v) is 4.52. The van der Waals surface area contributed by atoms with Crippen molar-refractivity contribution < 1.29 is 9.18 Å². The van der Waals surface area contributed by atoms with E-state index >= 15 is 4.39 Å². The van der Waals surface area contributed by atoms with Gasteiger partial charge in [-0.25, -0.2) is 4.39 Å². The second kappa shape index (κ2) is 6.66. The van der Waals surface area contributed by atoms with Crippen LogP contribution in [-0.4, -0.2) is 5.78 Å². The van der Waals surface area contributed by atoms with E-state index in [1.54, 1.807) is 0 Å². The Labute approximate surface area is 145 Å². The molecule has 0 radical (unpaired) electrons. The second-order valence-corrected chi connectivity index (χ2v) is 8.75. The highest BCUT2D eigenvalue weighted by atomic mass is 19.1. The van der Waals surface area contributed by atoms with Gasteiger partial charge in [0.1, 0.15) is 5.82 Å². The fraction of sp³-hybridized carbons (Fsp3) is 0.500. The van der Waals surface area contributed by atoms with Crippen LogP contribution in [0.1, 0.15) is 71.1 Å². The van der Waals surface area contributed by atoms with Crippen LogP contribution in [0.25, 0.3) is 0 Å². The molecular formula is C22H29FO. The van der Waals surface area contributed by atoms with E-state index in [4.69, 9.17) is 0 Å². The summed E-state index contributed by atoms with van der Waals surface area (Å²) in [6.45, 7) is 12.2. The van der Waals surface area contributed by atoms with E-state index in [9.17, 15) is 4.79 Å². The first-order valence-electron chi connectivity index (χ1n) is 8.72. The Morgan fingerprint density at radius 2 is 1.58 bits per heavy atom. The van der Waals surface area contributed by atoms with Crippen molar-refractivity contribution in [2.45, 2.75) is 71.6 Å². The first-order chi connectivity index (χ1) is 11.0. The number of carbonyl (C=O) groups excluding carboxylic acids is 1. The maximum atomic E-state index is 15.0. The third-order valence-electron chi connectivity index (χ3n) is 4.52. The maximum absolute atomic E-state index is 15.0. The molecule has 1 aliphatic carbocycles. The van der Waals surface area contributed by atoms with Crippen LogP contribution in [0.5, 0.6) is 0 Å². The summed E-state index contributed by atoms with van der Waals surface area (Å²) >= 11 is 0. The molecule has 0 saturated heterocycles. The summed E-state index contributed by atoms with van der Waals surface area (Å²) in [6.07, 6.45) is 7.70. The predicted octanol–water partition coefficient (Wildman–Crippen LogP) is 5.81. The molecule has 0 aromatic heterocycles. The van der Waals surface area contributed by atoms with Crippen molar-refractivity contribution in [2.75, 3.05) is 0 Å². The molecule has 0 amide bonds. The Morgan fingerprint density at radius 1 is 1.04 bits per heavy atom. The molecule has 1 aromatic carbocycles. The van der Waals surface area contributed by atoms with Crippen molar-refractivity contribution in [3.8, 4) is 0 Å². The maximum Gasteiger partial charge on any atom is 0.159 e. The molecule has 1 nitrogen and oxygen atoms in total. The van der Waals surface area contributed by atoms with Gasteiger partial charge in [0.2, 0.25) is 0 Å². The highest BCUT2D eigenvalue weighted by Gasteiger charge is 2.27. The van der Waals surface area contributed by atoms with Gasteiger partial charge in [-0.1, -0.05) is 71.9 Å². The van der Waals surface area contributed by atoms with Gasteiger partial charge >= 0.3 is 0 Å². The normalized spacial score (nSPS) is 14.9. The monoisotopic (exact) mass is 328 g/mol. The Hall–Kier alpha value is -1.70. The Kier molecular flexibility index (Phi) is 5.17. The lowest BCUT2D eigenvalue weighted by Crippen LogP contribution is -2.21. The lowest BCUT2D eigenvalue weighted by molar-refractivity contribution is -0.115. The van der Waals surface area contributed by atoms with Crippen molar-refractivity contribution in [3.05, 3.63) is 58.4 Å². The molecule has 2 rings (SSSR count). The summed E-state index contributed by atoms with van der Waals surface area (Å²) in [7, 11) is 0. The first kappa shape index (κ1) is 18.6. The Bertz CT molecular complexity index is 659. The molecule has 24 heavy (non-hydrogen) atoms. The van der Waals surface area contributed by atoms with E-state index in [1.165, 1.54) is 0 Å². The minimum atomic E-state index is -0.262. The SMILES string of the molecule is CC(C)(C)c1cc(CCC(=O)C2=CC=CC2)cc(C(C)(C)C)c1F. The van der Waals surface area contributed by atoms with Gasteiger partial charge in [-0.2, -0.15) is 0 Å². The summed E-state index contributed by atoms with van der Waals surface area (Å²) in [6, 6.07) is 3.89. The van der Waals surface area contributed by atoms with Gasteiger partial charge < -0.3 is 0 Å². The zero-order valence-electron chi connectivity index (χ0n) is 15.8. The Morgan fingerprint density at radius 3 is 2.00 bits per heavy atom. The lowest BCUT2D eigenvalue weighted by atomic mass is 9.78. The topological polar surface area (TPSA) is 17.1 Å². The molecule has 1 aliphatic rings. The lowest BCUT2D eigenvalue weighted by Gasteiger charge is -2.27. The predicted molar refractivity (Wildman–Crippen MR) is 99.0 cm³/mol. The molecule has 0 spiro atoms. The van der Waals surface area contributed by atoms with E-state index in [0.717, 1.165) is 28.7 Å². The average molecular weight is 328 g/mol. The average Bonchev–Trinajstić information content (AvgIpc) is 2.97. The number of halogens is 1. The third kappa shape index (κ3) is 4.23. The summed E-state index contributed by atoms with van der Waals surface area (Å²) < 4.78 is 15.0. The molecule has 0 N–H and O–H groups in total. The number of allylic oxidation sites excluding steroid dienone is 4. The zero-order chi connectivity index (χ0) is 18.1. The van der Waals surface area contributed by atoms with Crippen molar-refractivity contribution in [2.24, 2.45) is 0 Å². The number of carbonyl (C=O) groups is 1. The van der Waals surface area contributed by atoms with Crippen LogP contribution in [-0.2, 0) is 22.0 Å². The van der Waals surface area contributed by atoms with Crippen molar-refractivity contribution in [3.63, 3.8) is 0 Å². The number of benzene rings is 1. The van der Waals surface area contributed by atoms with Gasteiger partial charge in [-0.05, 0) is 45.9 Å². The second-order valence-electron chi connectivity index (χ2n) is 8.75. The van der Waals surface area contributed by atoms with Gasteiger partial charge in [0.05, 0.1) is 0 Å². The first-order valence-corrected chi connectivity index (χ1v) is 8.72. The van der Waals surface area contributed by atoms with Crippen LogP contribution in [0, 0.1) is 5.82 Å². The van der Waals surface area contributed by atoms with E-state index in [2.05, 4.69) is 0 Å². The molecule has 2 heteroatoms. The van der Waals surface area contributed by atoms with Gasteiger partial charge in [0.15, 0.2) is 5.78 Å². The molecule has 1 aromatic rings. The van der Waals surface area contributed by atoms with Crippen LogP contribution in [0.2, 0.25) is 0 Å². The van der Waals surface area contributed by atoms with Crippen LogP contribution in [0.3, 0.4) is 0 Å². The molecule has 0 bridgehead atoms. The summed E-state index contributed by atoms with van der Waals surface area (Å²) in [5.74, 6) is 0.0896. The van der Waals surface area contributed by atoms with E-state index in [1.807, 2.05) is 71.9 Å². The molecular weight excluding hydrogens is 299 g/mol. The number of rotatable bonds is 4. The number of Topliss-reactive ketones (excluding diaryl/α,β-unsaturated/α-hetero) is 1. The summed E-state index contributed by atoms with van der Waals surface area (Å²) in [5.41, 5.74) is 2.87. The highest BCUT2D eigenvalue weighted by Crippen LogP contribution is 2.34. The largest absolute Gasteiger partial charge is 0.295 e. The van der Waals surface area contributed by atoms with Gasteiger partial charge in [-0.3, -0.25) is 4.79 Å².